The van der Waals surface area contributed by atoms with Crippen molar-refractivity contribution in [3.8, 4) is 0 Å². The Bertz CT molecular complexity index is 821. The number of nitrogens with zero attached hydrogens (tertiary/aromatic N) is 2. The van der Waals surface area contributed by atoms with Gasteiger partial charge in [-0.3, -0.25) is 14.5 Å². The molecule has 5 heteroatoms. The molecule has 1 aromatic carbocycles. The number of amides is 1. The van der Waals surface area contributed by atoms with Gasteiger partial charge in [0.1, 0.15) is 0 Å². The van der Waals surface area contributed by atoms with Crippen LogP contribution in [0.4, 0.5) is 0 Å². The van der Waals surface area contributed by atoms with Gasteiger partial charge in [-0.15, -0.1) is 11.3 Å². The van der Waals surface area contributed by atoms with Crippen molar-refractivity contribution in [2.45, 2.75) is 32.2 Å². The Morgan fingerprint density at radius 2 is 1.81 bits per heavy atom. The van der Waals surface area contributed by atoms with Gasteiger partial charge in [0.05, 0.1) is 10.4 Å². The highest BCUT2D eigenvalue weighted by Crippen LogP contribution is 2.25. The van der Waals surface area contributed by atoms with Crippen LogP contribution in [0, 0.1) is 0 Å². The summed E-state index contributed by atoms with van der Waals surface area (Å²) in [5, 5.41) is 1.81. The van der Waals surface area contributed by atoms with Crippen molar-refractivity contribution >= 4 is 23.0 Å². The molecule has 0 radical (unpaired) electrons. The summed E-state index contributed by atoms with van der Waals surface area (Å²) in [5.74, 6) is 0.0823. The smallest absolute Gasteiger partial charge is 0.254 e. The van der Waals surface area contributed by atoms with Crippen LogP contribution in [0.1, 0.15) is 44.5 Å². The second-order valence-corrected chi connectivity index (χ2v) is 8.16. The molecule has 2 aliphatic rings. The molecule has 1 saturated heterocycles. The van der Waals surface area contributed by atoms with Crippen LogP contribution >= 0.6 is 11.3 Å². The molecular weight excluding hydrogens is 344 g/mol. The Balaban J connectivity index is 1.35. The van der Waals surface area contributed by atoms with Gasteiger partial charge in [-0.1, -0.05) is 24.3 Å². The lowest BCUT2D eigenvalue weighted by molar-refractivity contribution is 0.0553. The number of Topliss-reactive ketones (excluding diaryl/α,β-unsaturated/α-hetero) is 1. The van der Waals surface area contributed by atoms with Crippen LogP contribution in [0.15, 0.2) is 35.7 Å². The number of piperazine rings is 1. The molecule has 26 heavy (non-hydrogen) atoms. The molecule has 0 N–H and O–H groups in total. The molecule has 0 bridgehead atoms. The monoisotopic (exact) mass is 368 g/mol. The number of aryl methyl sites for hydroxylation is 1. The maximum atomic E-state index is 12.7. The van der Waals surface area contributed by atoms with E-state index >= 15 is 0 Å². The van der Waals surface area contributed by atoms with E-state index in [1.165, 1.54) is 28.9 Å². The van der Waals surface area contributed by atoms with E-state index in [1.54, 1.807) is 13.0 Å². The van der Waals surface area contributed by atoms with Crippen LogP contribution < -0.4 is 0 Å². The molecule has 1 aromatic heterocycles. The second kappa shape index (κ2) is 7.33. The van der Waals surface area contributed by atoms with Gasteiger partial charge < -0.3 is 4.90 Å². The van der Waals surface area contributed by atoms with E-state index in [1.807, 2.05) is 10.3 Å². The van der Waals surface area contributed by atoms with Gasteiger partial charge >= 0.3 is 0 Å². The first-order chi connectivity index (χ1) is 12.6. The SMILES string of the molecule is CC(=O)c1cc(C(=O)N2CCN([C@@H]3CCc4ccccc4C3)CC2)cs1. The van der Waals surface area contributed by atoms with Crippen LogP contribution in [0.25, 0.3) is 0 Å². The fourth-order valence-corrected chi connectivity index (χ4v) is 4.88. The molecule has 0 saturated carbocycles. The van der Waals surface area contributed by atoms with E-state index in [4.69, 9.17) is 0 Å². The summed E-state index contributed by atoms with van der Waals surface area (Å²) in [4.78, 5) is 29.3. The number of carbonyl (C=O) groups excluding carboxylic acids is 2. The highest BCUT2D eigenvalue weighted by Gasteiger charge is 2.29. The molecule has 0 spiro atoms. The standard InChI is InChI=1S/C21H24N2O2S/c1-15(24)20-13-18(14-26-20)21(25)23-10-8-22(9-11-23)19-7-6-16-4-2-3-5-17(16)12-19/h2-5,13-14,19H,6-12H2,1H3/t19-/m1/s1. The molecule has 1 amide bonds. The van der Waals surface area contributed by atoms with Gasteiger partial charge in [-0.05, 0) is 43.4 Å². The minimum atomic E-state index is 0.0245. The molecule has 4 nitrogen and oxygen atoms in total. The first-order valence-electron chi connectivity index (χ1n) is 9.31. The third kappa shape index (κ3) is 3.46. The molecule has 136 valence electrons. The Hall–Kier alpha value is -1.98. The van der Waals surface area contributed by atoms with Crippen molar-refractivity contribution in [1.82, 2.24) is 9.80 Å². The topological polar surface area (TPSA) is 40.6 Å². The van der Waals surface area contributed by atoms with E-state index in [-0.39, 0.29) is 11.7 Å². The van der Waals surface area contributed by atoms with Gasteiger partial charge in [0, 0.05) is 37.6 Å². The number of thiophene rings is 1. The third-order valence-corrected chi connectivity index (χ3v) is 6.66. The first kappa shape index (κ1) is 17.4. The molecule has 1 aliphatic carbocycles. The van der Waals surface area contributed by atoms with Gasteiger partial charge in [0.15, 0.2) is 5.78 Å². The van der Waals surface area contributed by atoms with Crippen molar-refractivity contribution in [1.29, 1.82) is 0 Å². The summed E-state index contributed by atoms with van der Waals surface area (Å²) < 4.78 is 0. The number of fused-ring (bicyclic) bond motifs is 1. The highest BCUT2D eigenvalue weighted by atomic mass is 32.1. The minimum absolute atomic E-state index is 0.0245. The average Bonchev–Trinajstić information content (AvgIpc) is 3.18. The van der Waals surface area contributed by atoms with Crippen LogP contribution in [0.3, 0.4) is 0 Å². The molecule has 2 heterocycles. The van der Waals surface area contributed by atoms with E-state index in [0.29, 0.717) is 16.5 Å². The van der Waals surface area contributed by atoms with Crippen molar-refractivity contribution in [2.75, 3.05) is 26.2 Å². The van der Waals surface area contributed by atoms with Gasteiger partial charge in [0.25, 0.3) is 5.91 Å². The Kier molecular flexibility index (Phi) is 4.92. The van der Waals surface area contributed by atoms with Crippen LogP contribution in [-0.4, -0.2) is 53.7 Å². The van der Waals surface area contributed by atoms with Gasteiger partial charge in [-0.2, -0.15) is 0 Å². The number of benzene rings is 1. The van der Waals surface area contributed by atoms with E-state index < -0.39 is 0 Å². The Labute approximate surface area is 158 Å². The summed E-state index contributed by atoms with van der Waals surface area (Å²) in [6.07, 6.45) is 3.48. The summed E-state index contributed by atoms with van der Waals surface area (Å²) in [6.45, 7) is 4.94. The molecule has 4 rings (SSSR count). The zero-order valence-electron chi connectivity index (χ0n) is 15.1. The van der Waals surface area contributed by atoms with Crippen LogP contribution in [0.2, 0.25) is 0 Å². The zero-order valence-corrected chi connectivity index (χ0v) is 15.9. The molecule has 2 aromatic rings. The summed E-state index contributed by atoms with van der Waals surface area (Å²) >= 11 is 1.36. The minimum Gasteiger partial charge on any atom is -0.336 e. The predicted molar refractivity (Wildman–Crippen MR) is 104 cm³/mol. The Morgan fingerprint density at radius 1 is 1.08 bits per heavy atom. The van der Waals surface area contributed by atoms with E-state index in [2.05, 4.69) is 29.2 Å². The number of hydrogen-bond donors (Lipinski definition) is 0. The lowest BCUT2D eigenvalue weighted by Gasteiger charge is -2.41. The number of hydrogen-bond acceptors (Lipinski definition) is 4. The van der Waals surface area contributed by atoms with E-state index in [0.717, 1.165) is 39.0 Å². The molecule has 1 atom stereocenters. The summed E-state index contributed by atoms with van der Waals surface area (Å²) in [6, 6.07) is 11.1. The predicted octanol–water partition coefficient (Wildman–Crippen LogP) is 3.27. The highest BCUT2D eigenvalue weighted by molar-refractivity contribution is 7.12. The lowest BCUT2D eigenvalue weighted by atomic mass is 9.87. The molecule has 0 unspecified atom stereocenters. The first-order valence-corrected chi connectivity index (χ1v) is 10.2. The molecular formula is C21H24N2O2S. The van der Waals surface area contributed by atoms with Gasteiger partial charge in [-0.25, -0.2) is 0 Å². The third-order valence-electron chi connectivity index (χ3n) is 5.63. The Morgan fingerprint density at radius 3 is 2.50 bits per heavy atom. The maximum Gasteiger partial charge on any atom is 0.254 e. The van der Waals surface area contributed by atoms with Crippen molar-refractivity contribution in [3.63, 3.8) is 0 Å². The molecule has 1 fully saturated rings. The quantitative estimate of drug-likeness (QED) is 0.781. The van der Waals surface area contributed by atoms with Crippen molar-refractivity contribution in [2.24, 2.45) is 0 Å². The van der Waals surface area contributed by atoms with Crippen molar-refractivity contribution < 1.29 is 9.59 Å². The number of rotatable bonds is 3. The summed E-state index contributed by atoms with van der Waals surface area (Å²) in [7, 11) is 0. The molecule has 1 aliphatic heterocycles. The van der Waals surface area contributed by atoms with Gasteiger partial charge in [0.2, 0.25) is 0 Å². The average molecular weight is 369 g/mol. The maximum absolute atomic E-state index is 12.7. The fraction of sp³-hybridized carbons (Fsp3) is 0.429. The second-order valence-electron chi connectivity index (χ2n) is 7.25. The van der Waals surface area contributed by atoms with Crippen LogP contribution in [-0.2, 0) is 12.8 Å². The number of carbonyl (C=O) groups is 2. The fourth-order valence-electron chi connectivity index (χ4n) is 4.10. The summed E-state index contributed by atoms with van der Waals surface area (Å²) in [5.41, 5.74) is 3.63. The zero-order chi connectivity index (χ0) is 18.1. The van der Waals surface area contributed by atoms with E-state index in [9.17, 15) is 9.59 Å². The van der Waals surface area contributed by atoms with Crippen LogP contribution in [0.5, 0.6) is 0 Å². The van der Waals surface area contributed by atoms with Crippen molar-refractivity contribution in [3.05, 3.63) is 57.3 Å². The number of ketones is 1. The normalized spacial score (nSPS) is 20.7. The largest absolute Gasteiger partial charge is 0.336 e. The lowest BCUT2D eigenvalue weighted by Crippen LogP contribution is -2.53.